The first-order chi connectivity index (χ1) is 12.5. The summed E-state index contributed by atoms with van der Waals surface area (Å²) in [5, 5.41) is 7.65. The van der Waals surface area contributed by atoms with E-state index in [0.717, 1.165) is 33.2 Å². The van der Waals surface area contributed by atoms with Crippen LogP contribution in [-0.2, 0) is 13.1 Å². The molecule has 6 nitrogen and oxygen atoms in total. The predicted octanol–water partition coefficient (Wildman–Crippen LogP) is 3.79. The summed E-state index contributed by atoms with van der Waals surface area (Å²) < 4.78 is 11.6. The van der Waals surface area contributed by atoms with E-state index in [9.17, 15) is 0 Å². The molecular formula is C18H25BrN4O2S. The fourth-order valence-corrected chi connectivity index (χ4v) is 3.62. The van der Waals surface area contributed by atoms with Crippen LogP contribution in [0.15, 0.2) is 21.6 Å². The number of aromatic nitrogens is 1. The third-order valence-electron chi connectivity index (χ3n) is 3.78. The van der Waals surface area contributed by atoms with Gasteiger partial charge < -0.3 is 20.1 Å². The van der Waals surface area contributed by atoms with Gasteiger partial charge in [0.15, 0.2) is 17.5 Å². The van der Waals surface area contributed by atoms with Crippen molar-refractivity contribution in [1.29, 1.82) is 0 Å². The normalized spacial score (nSPS) is 11.4. The van der Waals surface area contributed by atoms with Crippen molar-refractivity contribution in [2.75, 3.05) is 20.8 Å². The smallest absolute Gasteiger partial charge is 0.191 e. The van der Waals surface area contributed by atoms with Gasteiger partial charge in [0.25, 0.3) is 0 Å². The number of hydrogen-bond donors (Lipinski definition) is 2. The molecule has 0 spiro atoms. The number of hydrogen-bond acceptors (Lipinski definition) is 5. The third kappa shape index (κ3) is 5.35. The topological polar surface area (TPSA) is 67.8 Å². The number of ether oxygens (including phenoxy) is 2. The number of aliphatic imine (C=N–C) groups is 1. The first-order valence-corrected chi connectivity index (χ1v) is 9.94. The Hall–Kier alpha value is -1.80. The number of aryl methyl sites for hydroxylation is 2. The zero-order valence-electron chi connectivity index (χ0n) is 15.8. The summed E-state index contributed by atoms with van der Waals surface area (Å²) in [6, 6.07) is 3.83. The molecule has 8 heteroatoms. The fraction of sp³-hybridized carbons (Fsp3) is 0.444. The number of benzene rings is 1. The van der Waals surface area contributed by atoms with Crippen LogP contribution in [0.4, 0.5) is 0 Å². The van der Waals surface area contributed by atoms with E-state index in [-0.39, 0.29) is 0 Å². The lowest BCUT2D eigenvalue weighted by Crippen LogP contribution is -2.36. The maximum Gasteiger partial charge on any atom is 0.191 e. The van der Waals surface area contributed by atoms with E-state index in [2.05, 4.69) is 43.5 Å². The van der Waals surface area contributed by atoms with Gasteiger partial charge in [0.2, 0.25) is 0 Å². The highest BCUT2D eigenvalue weighted by atomic mass is 79.9. The van der Waals surface area contributed by atoms with Gasteiger partial charge >= 0.3 is 0 Å². The van der Waals surface area contributed by atoms with Crippen LogP contribution in [0, 0.1) is 13.8 Å². The molecule has 0 radical (unpaired) electrons. The Labute approximate surface area is 167 Å². The van der Waals surface area contributed by atoms with Gasteiger partial charge in [-0.3, -0.25) is 0 Å². The second kappa shape index (κ2) is 9.78. The van der Waals surface area contributed by atoms with Crippen molar-refractivity contribution in [2.24, 2.45) is 4.99 Å². The molecule has 0 aliphatic heterocycles. The fourth-order valence-electron chi connectivity index (χ4n) is 2.30. The van der Waals surface area contributed by atoms with Crippen molar-refractivity contribution in [3.63, 3.8) is 0 Å². The van der Waals surface area contributed by atoms with Gasteiger partial charge in [-0.2, -0.15) is 0 Å². The van der Waals surface area contributed by atoms with Crippen LogP contribution >= 0.6 is 27.3 Å². The third-order valence-corrected chi connectivity index (χ3v) is 5.60. The van der Waals surface area contributed by atoms with E-state index in [1.165, 1.54) is 4.88 Å². The van der Waals surface area contributed by atoms with E-state index in [4.69, 9.17) is 9.47 Å². The lowest BCUT2D eigenvalue weighted by atomic mass is 10.2. The molecule has 0 saturated heterocycles. The minimum atomic E-state index is 0.506. The number of guanidine groups is 1. The highest BCUT2D eigenvalue weighted by molar-refractivity contribution is 9.10. The van der Waals surface area contributed by atoms with Crippen LogP contribution in [0.2, 0.25) is 0 Å². The summed E-state index contributed by atoms with van der Waals surface area (Å²) in [6.45, 7) is 8.11. The zero-order chi connectivity index (χ0) is 19.1. The maximum atomic E-state index is 5.37. The first kappa shape index (κ1) is 20.5. The summed E-state index contributed by atoms with van der Waals surface area (Å²) in [6.07, 6.45) is 0. The number of thiazole rings is 1. The quantitative estimate of drug-likeness (QED) is 0.506. The molecule has 1 aromatic heterocycles. The first-order valence-electron chi connectivity index (χ1n) is 8.34. The Balaban J connectivity index is 2.10. The van der Waals surface area contributed by atoms with Crippen LogP contribution in [0.1, 0.15) is 28.1 Å². The monoisotopic (exact) mass is 440 g/mol. The molecule has 26 heavy (non-hydrogen) atoms. The van der Waals surface area contributed by atoms with Gasteiger partial charge in [0.1, 0.15) is 5.01 Å². The summed E-state index contributed by atoms with van der Waals surface area (Å²) >= 11 is 5.28. The number of rotatable bonds is 7. The van der Waals surface area contributed by atoms with Crippen molar-refractivity contribution in [3.8, 4) is 11.5 Å². The Morgan fingerprint density at radius 3 is 2.46 bits per heavy atom. The SMILES string of the molecule is CCNC(=NCc1cc(OC)c(OC)cc1Br)NCc1nc(C)c(C)s1. The molecule has 0 atom stereocenters. The molecule has 1 aromatic carbocycles. The second-order valence-electron chi connectivity index (χ2n) is 5.60. The van der Waals surface area contributed by atoms with Crippen molar-refractivity contribution >= 4 is 33.2 Å². The van der Waals surface area contributed by atoms with Gasteiger partial charge in [0, 0.05) is 15.9 Å². The molecule has 0 amide bonds. The van der Waals surface area contributed by atoms with Crippen LogP contribution in [0.25, 0.3) is 0 Å². The van der Waals surface area contributed by atoms with Crippen LogP contribution in [0.5, 0.6) is 11.5 Å². The highest BCUT2D eigenvalue weighted by Gasteiger charge is 2.10. The number of nitrogens with zero attached hydrogens (tertiary/aromatic N) is 2. The largest absolute Gasteiger partial charge is 0.493 e. The molecule has 0 bridgehead atoms. The number of methoxy groups -OCH3 is 2. The number of halogens is 1. The minimum Gasteiger partial charge on any atom is -0.493 e. The van der Waals surface area contributed by atoms with Gasteiger partial charge in [0.05, 0.1) is 33.0 Å². The molecule has 1 heterocycles. The Bertz CT molecular complexity index is 757. The molecule has 0 fully saturated rings. The second-order valence-corrected chi connectivity index (χ2v) is 7.74. The molecule has 0 aliphatic carbocycles. The van der Waals surface area contributed by atoms with Crippen molar-refractivity contribution < 1.29 is 9.47 Å². The zero-order valence-corrected chi connectivity index (χ0v) is 18.2. The molecule has 2 N–H and O–H groups in total. The molecule has 0 unspecified atom stereocenters. The molecule has 2 rings (SSSR count). The van der Waals surface area contributed by atoms with Gasteiger partial charge in [-0.05, 0) is 38.5 Å². The Morgan fingerprint density at radius 1 is 1.19 bits per heavy atom. The van der Waals surface area contributed by atoms with Crippen molar-refractivity contribution in [1.82, 2.24) is 15.6 Å². The maximum absolute atomic E-state index is 5.37. The van der Waals surface area contributed by atoms with Crippen molar-refractivity contribution in [3.05, 3.63) is 37.7 Å². The Kier molecular flexibility index (Phi) is 7.71. The number of nitrogens with one attached hydrogen (secondary N) is 2. The molecule has 0 saturated carbocycles. The van der Waals surface area contributed by atoms with Crippen LogP contribution in [-0.4, -0.2) is 31.7 Å². The van der Waals surface area contributed by atoms with E-state index >= 15 is 0 Å². The molecular weight excluding hydrogens is 416 g/mol. The summed E-state index contributed by atoms with van der Waals surface area (Å²) in [4.78, 5) is 10.5. The summed E-state index contributed by atoms with van der Waals surface area (Å²) in [5.74, 6) is 2.12. The van der Waals surface area contributed by atoms with Gasteiger partial charge in [-0.15, -0.1) is 11.3 Å². The van der Waals surface area contributed by atoms with Gasteiger partial charge in [-0.25, -0.2) is 9.98 Å². The lowest BCUT2D eigenvalue weighted by Gasteiger charge is -2.13. The van der Waals surface area contributed by atoms with Crippen molar-refractivity contribution in [2.45, 2.75) is 33.9 Å². The lowest BCUT2D eigenvalue weighted by molar-refractivity contribution is 0.354. The average Bonchev–Trinajstić information content (AvgIpc) is 2.95. The Morgan fingerprint density at radius 2 is 1.88 bits per heavy atom. The molecule has 142 valence electrons. The highest BCUT2D eigenvalue weighted by Crippen LogP contribution is 2.33. The molecule has 0 aliphatic rings. The van der Waals surface area contributed by atoms with Crippen LogP contribution < -0.4 is 20.1 Å². The van der Waals surface area contributed by atoms with E-state index in [0.29, 0.717) is 24.6 Å². The predicted molar refractivity (Wildman–Crippen MR) is 110 cm³/mol. The standard InChI is InChI=1S/C18H25BrN4O2S/c1-6-20-18(22-10-17-23-11(2)12(3)26-17)21-9-13-7-15(24-4)16(25-5)8-14(13)19/h7-8H,6,9-10H2,1-5H3,(H2,20,21,22). The minimum absolute atomic E-state index is 0.506. The average molecular weight is 441 g/mol. The van der Waals surface area contributed by atoms with E-state index in [1.54, 1.807) is 25.6 Å². The van der Waals surface area contributed by atoms with E-state index in [1.807, 2.05) is 26.0 Å². The van der Waals surface area contributed by atoms with E-state index < -0.39 is 0 Å². The van der Waals surface area contributed by atoms with Gasteiger partial charge in [-0.1, -0.05) is 15.9 Å². The summed E-state index contributed by atoms with van der Waals surface area (Å²) in [7, 11) is 3.25. The molecule has 2 aromatic rings. The summed E-state index contributed by atoms with van der Waals surface area (Å²) in [5.41, 5.74) is 2.10. The van der Waals surface area contributed by atoms with Crippen LogP contribution in [0.3, 0.4) is 0 Å².